The maximum atomic E-state index is 10.8. The lowest BCUT2D eigenvalue weighted by atomic mass is 10.1. The molecule has 0 radical (unpaired) electrons. The fourth-order valence-corrected chi connectivity index (χ4v) is 14.0. The fourth-order valence-electron chi connectivity index (χ4n) is 3.13. The minimum Gasteiger partial charge on any atom is -0.349 e. The molecule has 20 heavy (non-hydrogen) atoms. The van der Waals surface area contributed by atoms with Crippen LogP contribution in [0.1, 0.15) is 22.3 Å². The number of nitrogens with zero attached hydrogens (tertiary/aromatic N) is 2. The molecule has 1 heterocycles. The van der Waals surface area contributed by atoms with Crippen LogP contribution in [0.25, 0.3) is 0 Å². The van der Waals surface area contributed by atoms with Gasteiger partial charge in [0.05, 0.1) is 6.21 Å². The molecule has 0 unspecified atom stereocenters. The van der Waals surface area contributed by atoms with E-state index in [2.05, 4.69) is 30.5 Å². The van der Waals surface area contributed by atoms with Gasteiger partial charge in [0.2, 0.25) is 0 Å². The lowest BCUT2D eigenvalue weighted by Gasteiger charge is -2.49. The van der Waals surface area contributed by atoms with Crippen LogP contribution in [0.4, 0.5) is 0 Å². The van der Waals surface area contributed by atoms with E-state index >= 15 is 0 Å². The largest absolute Gasteiger partial charge is 0.349 e. The Morgan fingerprint density at radius 3 is 2.30 bits per heavy atom. The summed E-state index contributed by atoms with van der Waals surface area (Å²) in [6.07, 6.45) is 4.18. The minimum absolute atomic E-state index is 0.709. The van der Waals surface area contributed by atoms with Crippen molar-refractivity contribution in [2.45, 2.75) is 44.7 Å². The average Bonchev–Trinajstić information content (AvgIpc) is 2.37. The van der Waals surface area contributed by atoms with Gasteiger partial charge >= 0.3 is 0 Å². The first-order valence-electron chi connectivity index (χ1n) is 7.25. The first-order valence-corrected chi connectivity index (χ1v) is 13.6. The van der Waals surface area contributed by atoms with E-state index in [1.807, 2.05) is 30.5 Å². The number of rotatable bonds is 3. The topological polar surface area (TPSA) is 32.7 Å². The molecule has 1 fully saturated rings. The molecule has 0 saturated carbocycles. The van der Waals surface area contributed by atoms with E-state index in [0.717, 1.165) is 11.8 Å². The first kappa shape index (κ1) is 15.2. The van der Waals surface area contributed by atoms with Gasteiger partial charge < -0.3 is 4.34 Å². The SMILES string of the molecule is C[Si]1(C)CCC[Si](C)(C)N1N=Cc1cccc(C=O)c1. The van der Waals surface area contributed by atoms with E-state index in [-0.39, 0.29) is 0 Å². The number of carbonyl (C=O) groups is 1. The van der Waals surface area contributed by atoms with Crippen molar-refractivity contribution in [2.75, 3.05) is 0 Å². The zero-order chi connectivity index (χ0) is 14.8. The normalized spacial score (nSPS) is 21.1. The van der Waals surface area contributed by atoms with Crippen LogP contribution >= 0.6 is 0 Å². The molecule has 0 bridgehead atoms. The molecule has 0 amide bonds. The molecule has 1 aromatic rings. The van der Waals surface area contributed by atoms with Crippen LogP contribution in [0.3, 0.4) is 0 Å². The highest BCUT2D eigenvalue weighted by Gasteiger charge is 2.43. The molecule has 1 aliphatic heterocycles. The Hall–Kier alpha value is -1.21. The second-order valence-corrected chi connectivity index (χ2v) is 16.4. The molecule has 1 aromatic carbocycles. The van der Waals surface area contributed by atoms with Crippen LogP contribution in [0.5, 0.6) is 0 Å². The monoisotopic (exact) mass is 304 g/mol. The van der Waals surface area contributed by atoms with Gasteiger partial charge in [-0.05, 0) is 23.7 Å². The van der Waals surface area contributed by atoms with Crippen molar-refractivity contribution in [3.8, 4) is 0 Å². The summed E-state index contributed by atoms with van der Waals surface area (Å²) in [5.74, 6) is 0. The Kier molecular flexibility index (Phi) is 4.29. The van der Waals surface area contributed by atoms with Crippen molar-refractivity contribution in [3.05, 3.63) is 35.4 Å². The summed E-state index contributed by atoms with van der Waals surface area (Å²) >= 11 is 0. The zero-order valence-electron chi connectivity index (χ0n) is 12.9. The number of benzene rings is 1. The van der Waals surface area contributed by atoms with E-state index in [1.165, 1.54) is 18.5 Å². The van der Waals surface area contributed by atoms with Gasteiger partial charge in [0.25, 0.3) is 0 Å². The highest BCUT2D eigenvalue weighted by atomic mass is 28.4. The summed E-state index contributed by atoms with van der Waals surface area (Å²) in [6.45, 7) is 9.67. The van der Waals surface area contributed by atoms with Gasteiger partial charge in [0.1, 0.15) is 6.29 Å². The van der Waals surface area contributed by atoms with Gasteiger partial charge in [-0.15, -0.1) is 0 Å². The lowest BCUT2D eigenvalue weighted by molar-refractivity contribution is 0.112. The average molecular weight is 305 g/mol. The lowest BCUT2D eigenvalue weighted by Crippen LogP contribution is -2.61. The number of aldehydes is 1. The molecular formula is C15H24N2OSi2. The van der Waals surface area contributed by atoms with Crippen LogP contribution < -0.4 is 0 Å². The molecule has 0 spiro atoms. The van der Waals surface area contributed by atoms with Crippen LogP contribution in [-0.2, 0) is 0 Å². The first-order chi connectivity index (χ1) is 9.35. The molecule has 0 aromatic heterocycles. The number of hydrazone groups is 1. The van der Waals surface area contributed by atoms with Gasteiger partial charge in [-0.1, -0.05) is 50.8 Å². The summed E-state index contributed by atoms with van der Waals surface area (Å²) in [5, 5.41) is 4.85. The third-order valence-corrected chi connectivity index (χ3v) is 13.4. The molecule has 2 rings (SSSR count). The third kappa shape index (κ3) is 3.27. The number of hydrogen-bond donors (Lipinski definition) is 0. The zero-order valence-corrected chi connectivity index (χ0v) is 14.9. The summed E-state index contributed by atoms with van der Waals surface area (Å²) in [5.41, 5.74) is 1.72. The van der Waals surface area contributed by atoms with Crippen molar-refractivity contribution in [1.29, 1.82) is 0 Å². The standard InChI is InChI=1S/C15H24N2OSi2/c1-19(2)9-6-10-20(3,4)17(19)16-12-14-7-5-8-15(11-14)13-18/h5,7-8,11-13H,6,9-10H2,1-4H3. The van der Waals surface area contributed by atoms with Gasteiger partial charge in [-0.25, -0.2) is 5.10 Å². The molecule has 0 atom stereocenters. The smallest absolute Gasteiger partial charge is 0.161 e. The van der Waals surface area contributed by atoms with Gasteiger partial charge in [0.15, 0.2) is 16.5 Å². The van der Waals surface area contributed by atoms with Crippen LogP contribution in [0.15, 0.2) is 29.4 Å². The Morgan fingerprint density at radius 2 is 1.70 bits per heavy atom. The molecule has 108 valence electrons. The molecule has 1 aliphatic rings. The van der Waals surface area contributed by atoms with E-state index in [1.54, 1.807) is 0 Å². The maximum Gasteiger partial charge on any atom is 0.161 e. The molecule has 0 aliphatic carbocycles. The van der Waals surface area contributed by atoms with Crippen molar-refractivity contribution in [1.82, 2.24) is 4.34 Å². The highest BCUT2D eigenvalue weighted by molar-refractivity contribution is 6.91. The highest BCUT2D eigenvalue weighted by Crippen LogP contribution is 2.34. The van der Waals surface area contributed by atoms with E-state index in [4.69, 9.17) is 5.10 Å². The van der Waals surface area contributed by atoms with E-state index < -0.39 is 16.5 Å². The number of hydrogen-bond acceptors (Lipinski definition) is 3. The van der Waals surface area contributed by atoms with Crippen LogP contribution in [-0.4, -0.2) is 33.3 Å². The molecule has 0 N–H and O–H groups in total. The third-order valence-electron chi connectivity index (χ3n) is 4.09. The fraction of sp³-hybridized carbons (Fsp3) is 0.467. The Morgan fingerprint density at radius 1 is 1.10 bits per heavy atom. The quantitative estimate of drug-likeness (QED) is 0.481. The summed E-state index contributed by atoms with van der Waals surface area (Å²) in [6, 6.07) is 10.3. The summed E-state index contributed by atoms with van der Waals surface area (Å²) < 4.78 is 2.50. The Bertz CT molecular complexity index is 510. The van der Waals surface area contributed by atoms with E-state index in [9.17, 15) is 4.79 Å². The maximum absolute atomic E-state index is 10.8. The van der Waals surface area contributed by atoms with Crippen molar-refractivity contribution in [3.63, 3.8) is 0 Å². The second-order valence-electron chi connectivity index (χ2n) is 6.82. The molecule has 5 heteroatoms. The summed E-state index contributed by atoms with van der Waals surface area (Å²) in [4.78, 5) is 10.8. The Balaban J connectivity index is 2.25. The molecule has 3 nitrogen and oxygen atoms in total. The summed E-state index contributed by atoms with van der Waals surface area (Å²) in [7, 11) is -2.81. The van der Waals surface area contributed by atoms with Crippen molar-refractivity contribution in [2.24, 2.45) is 5.10 Å². The predicted octanol–water partition coefficient (Wildman–Crippen LogP) is 3.95. The Labute approximate surface area is 123 Å². The van der Waals surface area contributed by atoms with Gasteiger partial charge in [-0.3, -0.25) is 4.79 Å². The molecule has 1 saturated heterocycles. The predicted molar refractivity (Wildman–Crippen MR) is 90.5 cm³/mol. The van der Waals surface area contributed by atoms with Crippen molar-refractivity contribution < 1.29 is 4.79 Å². The number of carbonyl (C=O) groups excluding carboxylic acids is 1. The molecular weight excluding hydrogens is 280 g/mol. The van der Waals surface area contributed by atoms with Crippen LogP contribution in [0, 0.1) is 0 Å². The van der Waals surface area contributed by atoms with E-state index in [0.29, 0.717) is 5.56 Å². The van der Waals surface area contributed by atoms with Crippen LogP contribution in [0.2, 0.25) is 38.3 Å². The second kappa shape index (κ2) is 5.65. The van der Waals surface area contributed by atoms with Crippen molar-refractivity contribution >= 4 is 29.0 Å². The van der Waals surface area contributed by atoms with Gasteiger partial charge in [-0.2, -0.15) is 0 Å². The minimum atomic E-state index is -1.40. The van der Waals surface area contributed by atoms with Gasteiger partial charge in [0, 0.05) is 5.56 Å².